The van der Waals surface area contributed by atoms with E-state index in [1.54, 1.807) is 0 Å². The third-order valence-electron chi connectivity index (χ3n) is 2.21. The molecule has 2 rings (SSSR count). The Bertz CT molecular complexity index is 416. The molecule has 0 saturated carbocycles. The van der Waals surface area contributed by atoms with E-state index in [1.807, 2.05) is 78.2 Å². The first-order valence-corrected chi connectivity index (χ1v) is 9.17. The van der Waals surface area contributed by atoms with Gasteiger partial charge in [0.25, 0.3) is 0 Å². The summed E-state index contributed by atoms with van der Waals surface area (Å²) in [5, 5.41) is 0. The minimum Gasteiger partial charge on any atom is -0.378 e. The van der Waals surface area contributed by atoms with Crippen molar-refractivity contribution in [3.8, 4) is 0 Å². The van der Waals surface area contributed by atoms with Gasteiger partial charge in [0.2, 0.25) is 0 Å². The molecular weight excluding hydrogens is 290 g/mol. The van der Waals surface area contributed by atoms with Crippen LogP contribution in [0.2, 0.25) is 0 Å². The number of para-hydroxylation sites is 1. The number of aryl methyl sites for hydroxylation is 1. The first-order valence-electron chi connectivity index (χ1n) is 9.17. The molecule has 0 aliphatic heterocycles. The normalized spacial score (nSPS) is 7.96. The summed E-state index contributed by atoms with van der Waals surface area (Å²) < 4.78 is 0. The standard InChI is InChI=1S/C8H11N.C7H8.C4H10.2C2H6/c1-9(2)8-6-4-3-5-7-8;1-7-5-3-2-4-6-7;1-4(2)3;2*1-2/h3-7H,1-2H3;2-6H,1H3;4H,1-3H3;2*1-2H3. The van der Waals surface area contributed by atoms with Gasteiger partial charge in [0, 0.05) is 19.8 Å². The van der Waals surface area contributed by atoms with Crippen LogP contribution < -0.4 is 4.90 Å². The van der Waals surface area contributed by atoms with Gasteiger partial charge in [-0.1, -0.05) is 103 Å². The zero-order valence-corrected chi connectivity index (χ0v) is 17.8. The lowest BCUT2D eigenvalue weighted by atomic mass is 10.2. The molecular formula is C23H41N. The van der Waals surface area contributed by atoms with Gasteiger partial charge in [-0.05, 0) is 25.0 Å². The van der Waals surface area contributed by atoms with E-state index in [1.165, 1.54) is 11.3 Å². The second-order valence-corrected chi connectivity index (χ2v) is 5.62. The zero-order valence-electron chi connectivity index (χ0n) is 17.8. The van der Waals surface area contributed by atoms with Crippen molar-refractivity contribution >= 4 is 5.69 Å². The molecule has 0 unspecified atom stereocenters. The van der Waals surface area contributed by atoms with Gasteiger partial charge in [-0.15, -0.1) is 0 Å². The fourth-order valence-electron chi connectivity index (χ4n) is 1.26. The quantitative estimate of drug-likeness (QED) is 0.524. The molecule has 0 spiro atoms. The lowest BCUT2D eigenvalue weighted by molar-refractivity contribution is 0.737. The molecule has 0 saturated heterocycles. The Morgan fingerprint density at radius 2 is 0.917 bits per heavy atom. The Morgan fingerprint density at radius 1 is 0.625 bits per heavy atom. The lowest BCUT2D eigenvalue weighted by Crippen LogP contribution is -2.07. The largest absolute Gasteiger partial charge is 0.378 e. The Kier molecular flexibility index (Phi) is 24.0. The Labute approximate surface area is 152 Å². The van der Waals surface area contributed by atoms with E-state index in [0.717, 1.165) is 5.92 Å². The summed E-state index contributed by atoms with van der Waals surface area (Å²) in [5.41, 5.74) is 2.57. The Hall–Kier alpha value is -1.76. The molecule has 1 nitrogen and oxygen atoms in total. The van der Waals surface area contributed by atoms with Crippen LogP contribution in [0, 0.1) is 12.8 Å². The number of hydrogen-bond acceptors (Lipinski definition) is 1. The summed E-state index contributed by atoms with van der Waals surface area (Å²) in [7, 11) is 4.07. The van der Waals surface area contributed by atoms with Crippen LogP contribution in [0.3, 0.4) is 0 Å². The van der Waals surface area contributed by atoms with E-state index in [0.29, 0.717) is 0 Å². The first kappa shape index (κ1) is 27.1. The average molecular weight is 332 g/mol. The molecule has 2 aromatic rings. The van der Waals surface area contributed by atoms with Gasteiger partial charge >= 0.3 is 0 Å². The summed E-state index contributed by atoms with van der Waals surface area (Å²) in [6.45, 7) is 16.6. The van der Waals surface area contributed by atoms with E-state index in [2.05, 4.69) is 56.9 Å². The second-order valence-electron chi connectivity index (χ2n) is 5.62. The number of hydrogen-bond donors (Lipinski definition) is 0. The topological polar surface area (TPSA) is 3.24 Å². The molecule has 24 heavy (non-hydrogen) atoms. The maximum atomic E-state index is 2.17. The predicted octanol–water partition coefficient (Wildman–Crippen LogP) is 7.46. The minimum absolute atomic E-state index is 0.833. The van der Waals surface area contributed by atoms with Crippen LogP contribution in [0.15, 0.2) is 60.7 Å². The SMILES string of the molecule is CC.CC.CC(C)C.CN(C)c1ccccc1.Cc1ccccc1. The van der Waals surface area contributed by atoms with Crippen molar-refractivity contribution < 1.29 is 0 Å². The molecule has 0 aliphatic rings. The Morgan fingerprint density at radius 3 is 1.08 bits per heavy atom. The molecule has 1 heteroatoms. The van der Waals surface area contributed by atoms with Crippen molar-refractivity contribution in [2.24, 2.45) is 5.92 Å². The van der Waals surface area contributed by atoms with Crippen LogP contribution in [0.1, 0.15) is 54.0 Å². The smallest absolute Gasteiger partial charge is 0.0360 e. The monoisotopic (exact) mass is 331 g/mol. The maximum Gasteiger partial charge on any atom is 0.0360 e. The summed E-state index contributed by atoms with van der Waals surface area (Å²) in [5.74, 6) is 0.833. The number of benzene rings is 2. The molecule has 0 atom stereocenters. The maximum absolute atomic E-state index is 2.17. The van der Waals surface area contributed by atoms with Crippen LogP contribution in [0.5, 0.6) is 0 Å². The molecule has 0 aromatic heterocycles. The summed E-state index contributed by atoms with van der Waals surface area (Å²) in [6.07, 6.45) is 0. The lowest BCUT2D eigenvalue weighted by Gasteiger charge is -2.10. The second kappa shape index (κ2) is 21.2. The van der Waals surface area contributed by atoms with Crippen molar-refractivity contribution in [2.75, 3.05) is 19.0 Å². The number of nitrogens with zero attached hydrogens (tertiary/aromatic N) is 1. The molecule has 2 aromatic carbocycles. The number of anilines is 1. The van der Waals surface area contributed by atoms with E-state index >= 15 is 0 Å². The summed E-state index contributed by atoms with van der Waals surface area (Å²) >= 11 is 0. The highest BCUT2D eigenvalue weighted by Gasteiger charge is 1.87. The summed E-state index contributed by atoms with van der Waals surface area (Å²) in [6, 6.07) is 20.5. The van der Waals surface area contributed by atoms with Crippen LogP contribution >= 0.6 is 0 Å². The predicted molar refractivity (Wildman–Crippen MR) is 115 cm³/mol. The van der Waals surface area contributed by atoms with Gasteiger partial charge in [0.05, 0.1) is 0 Å². The zero-order chi connectivity index (χ0) is 19.4. The molecule has 0 heterocycles. The highest BCUT2D eigenvalue weighted by Crippen LogP contribution is 2.07. The fraction of sp³-hybridized carbons (Fsp3) is 0.478. The molecule has 0 fully saturated rings. The third kappa shape index (κ3) is 22.5. The van der Waals surface area contributed by atoms with Crippen molar-refractivity contribution in [3.63, 3.8) is 0 Å². The van der Waals surface area contributed by atoms with E-state index < -0.39 is 0 Å². The molecule has 0 aliphatic carbocycles. The molecule has 0 bridgehead atoms. The average Bonchev–Trinajstić information content (AvgIpc) is 2.60. The van der Waals surface area contributed by atoms with Crippen LogP contribution in [-0.2, 0) is 0 Å². The van der Waals surface area contributed by atoms with Crippen molar-refractivity contribution in [1.82, 2.24) is 0 Å². The van der Waals surface area contributed by atoms with Gasteiger partial charge in [-0.25, -0.2) is 0 Å². The van der Waals surface area contributed by atoms with Crippen LogP contribution in [-0.4, -0.2) is 14.1 Å². The highest BCUT2D eigenvalue weighted by molar-refractivity contribution is 5.43. The molecule has 0 N–H and O–H groups in total. The molecule has 0 radical (unpaired) electrons. The fourth-order valence-corrected chi connectivity index (χ4v) is 1.26. The third-order valence-corrected chi connectivity index (χ3v) is 2.21. The first-order chi connectivity index (χ1) is 11.4. The van der Waals surface area contributed by atoms with Gasteiger partial charge in [-0.2, -0.15) is 0 Å². The van der Waals surface area contributed by atoms with Crippen molar-refractivity contribution in [3.05, 3.63) is 66.2 Å². The highest BCUT2D eigenvalue weighted by atomic mass is 15.1. The minimum atomic E-state index is 0.833. The van der Waals surface area contributed by atoms with Crippen LogP contribution in [0.4, 0.5) is 5.69 Å². The van der Waals surface area contributed by atoms with Crippen molar-refractivity contribution in [2.45, 2.75) is 55.4 Å². The van der Waals surface area contributed by atoms with E-state index in [-0.39, 0.29) is 0 Å². The van der Waals surface area contributed by atoms with E-state index in [4.69, 9.17) is 0 Å². The van der Waals surface area contributed by atoms with Gasteiger partial charge in [-0.3, -0.25) is 0 Å². The van der Waals surface area contributed by atoms with Gasteiger partial charge in [0.15, 0.2) is 0 Å². The van der Waals surface area contributed by atoms with Crippen LogP contribution in [0.25, 0.3) is 0 Å². The van der Waals surface area contributed by atoms with Crippen molar-refractivity contribution in [1.29, 1.82) is 0 Å². The van der Waals surface area contributed by atoms with E-state index in [9.17, 15) is 0 Å². The van der Waals surface area contributed by atoms with Gasteiger partial charge < -0.3 is 4.90 Å². The number of rotatable bonds is 1. The molecule has 138 valence electrons. The summed E-state index contributed by atoms with van der Waals surface area (Å²) in [4.78, 5) is 2.08. The Balaban J connectivity index is -0.000000263. The van der Waals surface area contributed by atoms with Gasteiger partial charge in [0.1, 0.15) is 0 Å². The molecule has 0 amide bonds.